The first-order valence-corrected chi connectivity index (χ1v) is 2.67. The molecule has 0 atom stereocenters. The number of Topliss-reactive ketones (excluding diaryl/α,β-unsaturated/α-hetero) is 1. The summed E-state index contributed by atoms with van der Waals surface area (Å²) in [5, 5.41) is 8.53. The largest absolute Gasteiger partial charge is 0.479 e. The third kappa shape index (κ3) is 1.39. The lowest BCUT2D eigenvalue weighted by molar-refractivity contribution is -0.0890. The smallest absolute Gasteiger partial charge is 0.456 e. The Morgan fingerprint density at radius 1 is 1.58 bits per heavy atom. The van der Waals surface area contributed by atoms with Gasteiger partial charge < -0.3 is 9.52 Å². The second-order valence-electron chi connectivity index (χ2n) is 1.83. The van der Waals surface area contributed by atoms with E-state index in [0.717, 1.165) is 0 Å². The zero-order chi connectivity index (χ0) is 9.35. The van der Waals surface area contributed by atoms with Crippen LogP contribution in [0.4, 0.5) is 13.2 Å². The van der Waals surface area contributed by atoms with Crippen LogP contribution in [-0.4, -0.2) is 22.1 Å². The molecule has 0 bridgehead atoms. The molecule has 66 valence electrons. The van der Waals surface area contributed by atoms with E-state index in [-0.39, 0.29) is 0 Å². The summed E-state index contributed by atoms with van der Waals surface area (Å²) in [6, 6.07) is 0. The van der Waals surface area contributed by atoms with E-state index in [1.165, 1.54) is 0 Å². The van der Waals surface area contributed by atoms with Crippen molar-refractivity contribution in [1.82, 2.24) is 4.98 Å². The van der Waals surface area contributed by atoms with E-state index in [2.05, 4.69) is 9.40 Å². The Kier molecular flexibility index (Phi) is 1.79. The fourth-order valence-electron chi connectivity index (χ4n) is 0.530. The molecule has 0 amide bonds. The monoisotopic (exact) mass is 181 g/mol. The summed E-state index contributed by atoms with van der Waals surface area (Å²) in [4.78, 5) is 13.2. The van der Waals surface area contributed by atoms with Gasteiger partial charge in [-0.25, -0.2) is 4.98 Å². The molecule has 1 rings (SSSR count). The SMILES string of the molecule is O=C(c1ncoc1O)C(F)(F)F. The molecule has 0 spiro atoms. The van der Waals surface area contributed by atoms with Crippen molar-refractivity contribution in [2.45, 2.75) is 6.18 Å². The van der Waals surface area contributed by atoms with Crippen LogP contribution in [0.1, 0.15) is 10.5 Å². The summed E-state index contributed by atoms with van der Waals surface area (Å²) < 4.78 is 39.0. The van der Waals surface area contributed by atoms with E-state index in [0.29, 0.717) is 6.39 Å². The molecule has 1 heterocycles. The second-order valence-corrected chi connectivity index (χ2v) is 1.83. The van der Waals surface area contributed by atoms with Crippen LogP contribution in [0.25, 0.3) is 0 Å². The van der Waals surface area contributed by atoms with Crippen molar-refractivity contribution in [3.63, 3.8) is 0 Å². The number of oxazole rings is 1. The molecule has 0 aliphatic carbocycles. The first-order valence-electron chi connectivity index (χ1n) is 2.67. The van der Waals surface area contributed by atoms with Gasteiger partial charge in [-0.05, 0) is 0 Å². The third-order valence-electron chi connectivity index (χ3n) is 1.02. The Balaban J connectivity index is 3.01. The maximum atomic E-state index is 11.7. The molecule has 7 heteroatoms. The predicted molar refractivity (Wildman–Crippen MR) is 28.6 cm³/mol. The van der Waals surface area contributed by atoms with Crippen molar-refractivity contribution in [2.75, 3.05) is 0 Å². The Morgan fingerprint density at radius 3 is 2.50 bits per heavy atom. The number of nitrogens with zero attached hydrogens (tertiary/aromatic N) is 1. The molecule has 0 aliphatic heterocycles. The van der Waals surface area contributed by atoms with Crippen LogP contribution >= 0.6 is 0 Å². The number of alkyl halides is 3. The number of aromatic hydroxyl groups is 1. The van der Waals surface area contributed by atoms with E-state index in [1.807, 2.05) is 0 Å². The number of carbonyl (C=O) groups is 1. The Labute approximate surface area is 63.6 Å². The molecule has 4 nitrogen and oxygen atoms in total. The molecular weight excluding hydrogens is 179 g/mol. The minimum absolute atomic E-state index is 0.550. The van der Waals surface area contributed by atoms with Crippen LogP contribution in [0.5, 0.6) is 5.95 Å². The molecular formula is C5H2F3NO3. The number of halogens is 3. The van der Waals surface area contributed by atoms with Crippen LogP contribution in [0.3, 0.4) is 0 Å². The van der Waals surface area contributed by atoms with Gasteiger partial charge in [-0.3, -0.25) is 4.79 Å². The zero-order valence-corrected chi connectivity index (χ0v) is 5.42. The molecule has 0 fully saturated rings. The lowest BCUT2D eigenvalue weighted by Crippen LogP contribution is -2.23. The normalized spacial score (nSPS) is 11.6. The standard InChI is InChI=1S/C5H2F3NO3/c6-5(7,8)3(10)2-4(11)12-1-9-2/h1,11H. The van der Waals surface area contributed by atoms with Gasteiger partial charge in [0.25, 0.3) is 5.78 Å². The summed E-state index contributed by atoms with van der Waals surface area (Å²) >= 11 is 0. The maximum absolute atomic E-state index is 11.7. The van der Waals surface area contributed by atoms with E-state index in [9.17, 15) is 18.0 Å². The van der Waals surface area contributed by atoms with Gasteiger partial charge in [-0.2, -0.15) is 13.2 Å². The van der Waals surface area contributed by atoms with Gasteiger partial charge in [0.05, 0.1) is 0 Å². The van der Waals surface area contributed by atoms with E-state index >= 15 is 0 Å². The van der Waals surface area contributed by atoms with Gasteiger partial charge in [-0.1, -0.05) is 0 Å². The Hall–Kier alpha value is -1.53. The van der Waals surface area contributed by atoms with Crippen molar-refractivity contribution in [2.24, 2.45) is 0 Å². The summed E-state index contributed by atoms with van der Waals surface area (Å²) in [6.07, 6.45) is -4.50. The van der Waals surface area contributed by atoms with E-state index in [1.54, 1.807) is 0 Å². The van der Waals surface area contributed by atoms with Gasteiger partial charge in [0.1, 0.15) is 0 Å². The second kappa shape index (κ2) is 2.50. The maximum Gasteiger partial charge on any atom is 0.456 e. The number of rotatable bonds is 1. The average molecular weight is 181 g/mol. The number of hydrogen-bond acceptors (Lipinski definition) is 4. The van der Waals surface area contributed by atoms with Gasteiger partial charge >= 0.3 is 12.1 Å². The number of aromatic nitrogens is 1. The summed E-state index contributed by atoms with van der Waals surface area (Å²) in [5.74, 6) is -3.36. The molecule has 1 N–H and O–H groups in total. The van der Waals surface area contributed by atoms with Gasteiger partial charge in [0, 0.05) is 0 Å². The molecule has 0 radical (unpaired) electrons. The summed E-state index contributed by atoms with van der Waals surface area (Å²) in [5.41, 5.74) is -1.12. The predicted octanol–water partition coefficient (Wildman–Crippen LogP) is 1.13. The van der Waals surface area contributed by atoms with Crippen molar-refractivity contribution in [3.05, 3.63) is 12.1 Å². The van der Waals surface area contributed by atoms with Gasteiger partial charge in [0.2, 0.25) is 0 Å². The van der Waals surface area contributed by atoms with Crippen molar-refractivity contribution < 1.29 is 27.5 Å². The molecule has 0 saturated heterocycles. The summed E-state index contributed by atoms with van der Waals surface area (Å²) in [6.45, 7) is 0. The van der Waals surface area contributed by atoms with Crippen LogP contribution in [0, 0.1) is 0 Å². The van der Waals surface area contributed by atoms with Gasteiger partial charge in [0.15, 0.2) is 12.1 Å². The van der Waals surface area contributed by atoms with Crippen LogP contribution in [0.2, 0.25) is 0 Å². The molecule has 1 aromatic heterocycles. The Bertz CT molecular complexity index is 303. The van der Waals surface area contributed by atoms with E-state index < -0.39 is 23.6 Å². The third-order valence-corrected chi connectivity index (χ3v) is 1.02. The number of hydrogen-bond donors (Lipinski definition) is 1. The van der Waals surface area contributed by atoms with E-state index in [4.69, 9.17) is 5.11 Å². The highest BCUT2D eigenvalue weighted by atomic mass is 19.4. The van der Waals surface area contributed by atoms with Crippen molar-refractivity contribution >= 4 is 5.78 Å². The summed E-state index contributed by atoms with van der Waals surface area (Å²) in [7, 11) is 0. The molecule has 0 unspecified atom stereocenters. The minimum Gasteiger partial charge on any atom is -0.479 e. The Morgan fingerprint density at radius 2 is 2.17 bits per heavy atom. The average Bonchev–Trinajstić information content (AvgIpc) is 2.31. The number of ketones is 1. The molecule has 0 aromatic carbocycles. The molecule has 12 heavy (non-hydrogen) atoms. The van der Waals surface area contributed by atoms with Crippen LogP contribution in [-0.2, 0) is 0 Å². The first kappa shape index (κ1) is 8.57. The van der Waals surface area contributed by atoms with Crippen molar-refractivity contribution in [1.29, 1.82) is 0 Å². The van der Waals surface area contributed by atoms with Gasteiger partial charge in [-0.15, -0.1) is 0 Å². The molecule has 1 aromatic rings. The highest BCUT2D eigenvalue weighted by Gasteiger charge is 2.42. The highest BCUT2D eigenvalue weighted by molar-refractivity contribution is 6.00. The zero-order valence-electron chi connectivity index (χ0n) is 5.42. The fourth-order valence-corrected chi connectivity index (χ4v) is 0.530. The van der Waals surface area contributed by atoms with Crippen LogP contribution < -0.4 is 0 Å². The fraction of sp³-hybridized carbons (Fsp3) is 0.200. The van der Waals surface area contributed by atoms with Crippen LogP contribution in [0.15, 0.2) is 10.8 Å². The first-order chi connectivity index (χ1) is 5.43. The number of carbonyl (C=O) groups excluding carboxylic acids is 1. The van der Waals surface area contributed by atoms with Crippen molar-refractivity contribution in [3.8, 4) is 5.95 Å². The lowest BCUT2D eigenvalue weighted by atomic mass is 10.3. The molecule has 0 saturated carbocycles. The minimum atomic E-state index is -5.05. The highest BCUT2D eigenvalue weighted by Crippen LogP contribution is 2.25. The quantitative estimate of drug-likeness (QED) is 0.659. The topological polar surface area (TPSA) is 63.3 Å². The lowest BCUT2D eigenvalue weighted by Gasteiger charge is -2.00. The molecule has 0 aliphatic rings.